The van der Waals surface area contributed by atoms with Crippen LogP contribution in [0.4, 0.5) is 0 Å². The predicted octanol–water partition coefficient (Wildman–Crippen LogP) is 4.48. The molecule has 4 aliphatic carbocycles. The molecule has 146 valence electrons. The van der Waals surface area contributed by atoms with Crippen LogP contribution in [0.2, 0.25) is 0 Å². The normalized spacial score (nSPS) is 50.6. The van der Waals surface area contributed by atoms with Gasteiger partial charge in [-0.15, -0.1) is 0 Å². The zero-order chi connectivity index (χ0) is 19.2. The SMILES string of the molecule is CC(=O)[C@@]12ON=C(C)[C@@H]1C[C@H]1[C@@H]3CCC4=CC(=O)CC[C@]4(C)[C@H]3CC[C@@]12C. The van der Waals surface area contributed by atoms with E-state index in [2.05, 4.69) is 19.0 Å². The number of carbonyl (C=O) groups excluding carboxylic acids is 2. The Morgan fingerprint density at radius 2 is 1.96 bits per heavy atom. The van der Waals surface area contributed by atoms with E-state index >= 15 is 0 Å². The molecule has 0 radical (unpaired) electrons. The second kappa shape index (κ2) is 5.33. The molecule has 1 heterocycles. The monoisotopic (exact) mass is 369 g/mol. The lowest BCUT2D eigenvalue weighted by atomic mass is 9.46. The van der Waals surface area contributed by atoms with Gasteiger partial charge in [-0.3, -0.25) is 9.59 Å². The Morgan fingerprint density at radius 1 is 1.19 bits per heavy atom. The summed E-state index contributed by atoms with van der Waals surface area (Å²) in [6.45, 7) is 8.45. The maximum atomic E-state index is 12.9. The molecule has 0 bridgehead atoms. The second-order valence-corrected chi connectivity index (χ2v) is 10.3. The molecule has 5 rings (SSSR count). The maximum absolute atomic E-state index is 12.9. The van der Waals surface area contributed by atoms with Gasteiger partial charge in [0.1, 0.15) is 0 Å². The third-order valence-corrected chi connectivity index (χ3v) is 9.54. The van der Waals surface area contributed by atoms with Gasteiger partial charge >= 0.3 is 0 Å². The number of rotatable bonds is 1. The highest BCUT2D eigenvalue weighted by molar-refractivity contribution is 5.98. The summed E-state index contributed by atoms with van der Waals surface area (Å²) in [6, 6.07) is 0. The number of hydrogen-bond donors (Lipinski definition) is 0. The molecule has 3 saturated carbocycles. The first-order valence-electron chi connectivity index (χ1n) is 10.7. The van der Waals surface area contributed by atoms with Crippen LogP contribution in [-0.2, 0) is 14.4 Å². The quantitative estimate of drug-likeness (QED) is 0.685. The highest BCUT2D eigenvalue weighted by Crippen LogP contribution is 2.70. The standard InChI is InChI=1S/C23H31NO3/c1-13-19-12-20-17-6-5-15-11-16(26)7-9-21(15,3)18(17)8-10-22(20,4)23(19,14(2)25)27-24-13/h11,17-20H,5-10,12H2,1-4H3/t17-,18+,19+,20+,21+,22+,23-/m1/s1. The molecule has 4 nitrogen and oxygen atoms in total. The highest BCUT2D eigenvalue weighted by atomic mass is 16.7. The number of Topliss-reactive ketones (excluding diaryl/α,β-unsaturated/α-hetero) is 1. The van der Waals surface area contributed by atoms with Crippen LogP contribution in [-0.4, -0.2) is 22.9 Å². The molecule has 4 heteroatoms. The molecule has 27 heavy (non-hydrogen) atoms. The van der Waals surface area contributed by atoms with Crippen molar-refractivity contribution in [2.75, 3.05) is 0 Å². The van der Waals surface area contributed by atoms with Crippen molar-refractivity contribution in [3.05, 3.63) is 11.6 Å². The minimum Gasteiger partial charge on any atom is -0.380 e. The van der Waals surface area contributed by atoms with E-state index in [4.69, 9.17) is 4.84 Å². The number of nitrogens with zero attached hydrogens (tertiary/aromatic N) is 1. The summed E-state index contributed by atoms with van der Waals surface area (Å²) >= 11 is 0. The van der Waals surface area contributed by atoms with Gasteiger partial charge in [-0.1, -0.05) is 24.6 Å². The summed E-state index contributed by atoms with van der Waals surface area (Å²) in [7, 11) is 0. The van der Waals surface area contributed by atoms with Crippen LogP contribution in [0.1, 0.15) is 72.6 Å². The van der Waals surface area contributed by atoms with Gasteiger partial charge in [0.2, 0.25) is 5.60 Å². The Bertz CT molecular complexity index is 797. The first-order chi connectivity index (χ1) is 12.7. The molecule has 0 unspecified atom stereocenters. The summed E-state index contributed by atoms with van der Waals surface area (Å²) in [6.07, 6.45) is 9.03. The number of fused-ring (bicyclic) bond motifs is 7. The number of ketones is 2. The zero-order valence-electron chi connectivity index (χ0n) is 17.0. The van der Waals surface area contributed by atoms with E-state index in [0.717, 1.165) is 44.2 Å². The van der Waals surface area contributed by atoms with Gasteiger partial charge in [0.05, 0.1) is 11.6 Å². The Hall–Kier alpha value is -1.45. The van der Waals surface area contributed by atoms with Crippen molar-refractivity contribution in [3.8, 4) is 0 Å². The molecule has 0 amide bonds. The summed E-state index contributed by atoms with van der Waals surface area (Å²) < 4.78 is 0. The Morgan fingerprint density at radius 3 is 2.70 bits per heavy atom. The van der Waals surface area contributed by atoms with E-state index in [-0.39, 0.29) is 22.5 Å². The molecule has 0 N–H and O–H groups in total. The number of carbonyl (C=O) groups is 2. The molecule has 7 atom stereocenters. The Kier molecular flexibility index (Phi) is 3.48. The van der Waals surface area contributed by atoms with E-state index in [1.807, 2.05) is 13.0 Å². The van der Waals surface area contributed by atoms with E-state index in [1.54, 1.807) is 6.92 Å². The topological polar surface area (TPSA) is 55.7 Å². The van der Waals surface area contributed by atoms with Crippen LogP contribution in [0.25, 0.3) is 0 Å². The highest BCUT2D eigenvalue weighted by Gasteiger charge is 2.73. The first-order valence-corrected chi connectivity index (χ1v) is 10.7. The molecule has 1 aliphatic heterocycles. The van der Waals surface area contributed by atoms with Crippen molar-refractivity contribution in [3.63, 3.8) is 0 Å². The van der Waals surface area contributed by atoms with Crippen LogP contribution < -0.4 is 0 Å². The summed E-state index contributed by atoms with van der Waals surface area (Å²) in [5, 5.41) is 4.29. The molecule has 0 aromatic rings. The van der Waals surface area contributed by atoms with Crippen LogP contribution >= 0.6 is 0 Å². The summed E-state index contributed by atoms with van der Waals surface area (Å²) in [4.78, 5) is 30.9. The van der Waals surface area contributed by atoms with Gasteiger partial charge in [0.25, 0.3) is 0 Å². The smallest absolute Gasteiger partial charge is 0.208 e. The number of oxime groups is 1. The van der Waals surface area contributed by atoms with Crippen molar-refractivity contribution in [2.45, 2.75) is 78.2 Å². The third kappa shape index (κ3) is 1.92. The summed E-state index contributed by atoms with van der Waals surface area (Å²) in [5.74, 6) is 2.37. The van der Waals surface area contributed by atoms with Gasteiger partial charge in [0, 0.05) is 11.8 Å². The minimum absolute atomic E-state index is 0.131. The van der Waals surface area contributed by atoms with Crippen molar-refractivity contribution < 1.29 is 14.4 Å². The number of allylic oxidation sites excluding steroid dienone is 1. The summed E-state index contributed by atoms with van der Waals surface area (Å²) in [5.41, 5.74) is 1.70. The van der Waals surface area contributed by atoms with E-state index < -0.39 is 5.60 Å². The average Bonchev–Trinajstić information content (AvgIpc) is 3.09. The third-order valence-electron chi connectivity index (χ3n) is 9.54. The lowest BCUT2D eigenvalue weighted by Gasteiger charge is -2.58. The van der Waals surface area contributed by atoms with Crippen molar-refractivity contribution >= 4 is 17.3 Å². The maximum Gasteiger partial charge on any atom is 0.208 e. The van der Waals surface area contributed by atoms with Crippen LogP contribution in [0, 0.1) is 34.5 Å². The average molecular weight is 370 g/mol. The van der Waals surface area contributed by atoms with Crippen LogP contribution in [0.5, 0.6) is 0 Å². The second-order valence-electron chi connectivity index (χ2n) is 10.3. The van der Waals surface area contributed by atoms with Crippen LogP contribution in [0.15, 0.2) is 16.8 Å². The number of hydrogen-bond acceptors (Lipinski definition) is 4. The zero-order valence-corrected chi connectivity index (χ0v) is 17.0. The van der Waals surface area contributed by atoms with Crippen molar-refractivity contribution in [1.29, 1.82) is 0 Å². The van der Waals surface area contributed by atoms with E-state index in [9.17, 15) is 9.59 Å². The molecule has 0 spiro atoms. The van der Waals surface area contributed by atoms with Gasteiger partial charge in [0.15, 0.2) is 11.6 Å². The molecule has 3 fully saturated rings. The molecule has 0 saturated heterocycles. The lowest BCUT2D eigenvalue weighted by Crippen LogP contribution is -2.58. The van der Waals surface area contributed by atoms with Gasteiger partial charge in [-0.25, -0.2) is 0 Å². The minimum atomic E-state index is -0.744. The molecule has 5 aliphatic rings. The fourth-order valence-corrected chi connectivity index (χ4v) is 8.15. The van der Waals surface area contributed by atoms with Gasteiger partial charge in [-0.2, -0.15) is 0 Å². The first kappa shape index (κ1) is 17.6. The van der Waals surface area contributed by atoms with Crippen molar-refractivity contribution in [1.82, 2.24) is 0 Å². The molecule has 0 aromatic carbocycles. The van der Waals surface area contributed by atoms with Crippen LogP contribution in [0.3, 0.4) is 0 Å². The Labute approximate surface area is 161 Å². The largest absolute Gasteiger partial charge is 0.380 e. The molecular formula is C23H31NO3. The van der Waals surface area contributed by atoms with Gasteiger partial charge in [-0.05, 0) is 81.6 Å². The van der Waals surface area contributed by atoms with E-state index in [0.29, 0.717) is 30.0 Å². The fraction of sp³-hybridized carbons (Fsp3) is 0.783. The van der Waals surface area contributed by atoms with Gasteiger partial charge < -0.3 is 4.84 Å². The molecular weight excluding hydrogens is 338 g/mol. The molecule has 0 aromatic heterocycles. The predicted molar refractivity (Wildman–Crippen MR) is 103 cm³/mol. The van der Waals surface area contributed by atoms with Crippen molar-refractivity contribution in [2.24, 2.45) is 39.7 Å². The fourth-order valence-electron chi connectivity index (χ4n) is 8.15. The lowest BCUT2D eigenvalue weighted by molar-refractivity contribution is -0.174. The van der Waals surface area contributed by atoms with E-state index in [1.165, 1.54) is 5.57 Å². The Balaban J connectivity index is 1.56.